The number of cyclic esters (lactones) is 1. The largest absolute Gasteiger partial charge is 0.458 e. The van der Waals surface area contributed by atoms with Crippen LogP contribution in [0.4, 0.5) is 10.5 Å². The molecule has 0 radical (unpaired) electrons. The van der Waals surface area contributed by atoms with Gasteiger partial charge in [-0.25, -0.2) is 4.79 Å². The van der Waals surface area contributed by atoms with Crippen LogP contribution < -0.4 is 11.1 Å². The van der Waals surface area contributed by atoms with E-state index in [1.54, 1.807) is 23.6 Å². The molecule has 0 unspecified atom stereocenters. The Labute approximate surface area is 273 Å². The van der Waals surface area contributed by atoms with E-state index >= 15 is 0 Å². The van der Waals surface area contributed by atoms with Crippen molar-refractivity contribution in [3.05, 3.63) is 30.5 Å². The lowest BCUT2D eigenvalue weighted by atomic mass is 9.63. The van der Waals surface area contributed by atoms with Gasteiger partial charge >= 0.3 is 12.1 Å². The van der Waals surface area contributed by atoms with E-state index in [9.17, 15) is 14.4 Å². The molecule has 2 aromatic rings. The second kappa shape index (κ2) is 14.5. The van der Waals surface area contributed by atoms with E-state index in [1.165, 1.54) is 0 Å². The van der Waals surface area contributed by atoms with Crippen LogP contribution in [0.5, 0.6) is 0 Å². The van der Waals surface area contributed by atoms with Crippen molar-refractivity contribution in [3.63, 3.8) is 0 Å². The number of ketones is 1. The first-order valence-corrected chi connectivity index (χ1v) is 16.5. The highest BCUT2D eigenvalue weighted by Gasteiger charge is 2.58. The second-order valence-electron chi connectivity index (χ2n) is 13.4. The first-order valence-electron chi connectivity index (χ1n) is 16.5. The van der Waals surface area contributed by atoms with Crippen LogP contribution in [0.3, 0.4) is 0 Å². The van der Waals surface area contributed by atoms with Crippen molar-refractivity contribution >= 4 is 31.4 Å². The van der Waals surface area contributed by atoms with E-state index in [0.29, 0.717) is 44.6 Å². The molecule has 3 N–H and O–H groups in total. The van der Waals surface area contributed by atoms with Crippen molar-refractivity contribution in [1.29, 1.82) is 0 Å². The number of aryl methyl sites for hydroxylation is 1. The highest BCUT2D eigenvalue weighted by Crippen LogP contribution is 2.40. The number of carbonyl (C=O) groups excluding carboxylic acids is 3. The second-order valence-corrected chi connectivity index (χ2v) is 13.4. The number of carbonyl (C=O) groups is 3. The lowest BCUT2D eigenvalue weighted by Crippen LogP contribution is -2.61. The molecule has 46 heavy (non-hydrogen) atoms. The van der Waals surface area contributed by atoms with Crippen molar-refractivity contribution in [2.45, 2.75) is 109 Å². The minimum Gasteiger partial charge on any atom is -0.458 e. The van der Waals surface area contributed by atoms with Crippen molar-refractivity contribution in [2.24, 2.45) is 11.8 Å². The number of nitrogens with one attached hydrogen (secondary N) is 1. The molecule has 252 valence electrons. The fraction of sp³-hybridized carbons (Fsp3) is 0.667. The Hall–Kier alpha value is -3.45. The molecule has 0 bridgehead atoms. The maximum absolute atomic E-state index is 13.5. The lowest BCUT2D eigenvalue weighted by Gasteiger charge is -2.42. The zero-order valence-electron chi connectivity index (χ0n) is 28.6. The molecule has 3 heterocycles. The standard InChI is InChI=1S/C33H51BN6O6/c1-8-26-33(6)29(22(4)36-15-14-32(5,44-7)28(34)20(2)27(41)21(3)30(42)45-26)40(31(43)46-33)17-10-9-16-39-19-25(37-38-39)23-12-11-13-24(35)18-23/h11-13,18-22,26,28-29,36H,8-10,14-17,34-35H2,1-7H3/t20-,21+,22+,26+,28+,29+,32+,33+/m0/s1. The van der Waals surface area contributed by atoms with E-state index in [0.717, 1.165) is 17.7 Å². The molecule has 4 rings (SSSR count). The van der Waals surface area contributed by atoms with Gasteiger partial charge in [0.15, 0.2) is 5.60 Å². The van der Waals surface area contributed by atoms with Gasteiger partial charge in [0, 0.05) is 43.4 Å². The van der Waals surface area contributed by atoms with E-state index in [-0.39, 0.29) is 17.6 Å². The normalized spacial score (nSPS) is 32.8. The van der Waals surface area contributed by atoms with Crippen molar-refractivity contribution in [3.8, 4) is 11.3 Å². The Morgan fingerprint density at radius 3 is 2.54 bits per heavy atom. The van der Waals surface area contributed by atoms with Gasteiger partial charge in [-0.1, -0.05) is 31.2 Å². The van der Waals surface area contributed by atoms with Crippen LogP contribution >= 0.6 is 0 Å². The molecular weight excluding hydrogens is 587 g/mol. The Balaban J connectivity index is 1.52. The summed E-state index contributed by atoms with van der Waals surface area (Å²) in [6.45, 7) is 12.9. The van der Waals surface area contributed by atoms with Crippen LogP contribution in [0.25, 0.3) is 11.3 Å². The number of ether oxygens (including phenoxy) is 3. The van der Waals surface area contributed by atoms with E-state index in [4.69, 9.17) is 19.9 Å². The SMILES string of the molecule is B[C@@H]1[C@@H](C)C(=O)[C@@H](C)C(=O)O[C@H](CC)[C@@]2(C)OC(=O)N(CCCCn3cc(-c4cccc(N)c4)nn3)[C@@H]2[C@@H](C)NCC[C@@]1(C)OC. The van der Waals surface area contributed by atoms with Crippen molar-refractivity contribution < 1.29 is 28.6 Å². The number of aromatic nitrogens is 3. The van der Waals surface area contributed by atoms with Gasteiger partial charge in [-0.05, 0) is 77.9 Å². The quantitative estimate of drug-likeness (QED) is 0.145. The number of hydrogen-bond donors (Lipinski definition) is 2. The van der Waals surface area contributed by atoms with Crippen molar-refractivity contribution in [2.75, 3.05) is 25.9 Å². The number of fused-ring (bicyclic) bond motifs is 1. The summed E-state index contributed by atoms with van der Waals surface area (Å²) in [6, 6.07) is 6.89. The number of benzene rings is 1. The monoisotopic (exact) mass is 638 g/mol. The molecule has 2 aliphatic rings. The molecule has 12 nitrogen and oxygen atoms in total. The summed E-state index contributed by atoms with van der Waals surface area (Å²) in [5, 5.41) is 12.2. The van der Waals surface area contributed by atoms with Gasteiger partial charge in [-0.2, -0.15) is 0 Å². The predicted octanol–water partition coefficient (Wildman–Crippen LogP) is 3.26. The Morgan fingerprint density at radius 1 is 1.15 bits per heavy atom. The van der Waals surface area contributed by atoms with E-state index < -0.39 is 47.2 Å². The van der Waals surface area contributed by atoms with Gasteiger partial charge < -0.3 is 25.3 Å². The number of hydrogen-bond acceptors (Lipinski definition) is 10. The van der Waals surface area contributed by atoms with E-state index in [2.05, 4.69) is 15.6 Å². The number of nitrogens with two attached hydrogens (primary N) is 1. The lowest BCUT2D eigenvalue weighted by molar-refractivity contribution is -0.170. The Bertz CT molecular complexity index is 1390. The first kappa shape index (κ1) is 35.4. The van der Waals surface area contributed by atoms with Crippen LogP contribution in [0.15, 0.2) is 30.5 Å². The molecule has 1 aromatic carbocycles. The number of esters is 1. The maximum atomic E-state index is 13.5. The zero-order valence-corrected chi connectivity index (χ0v) is 28.6. The van der Waals surface area contributed by atoms with Gasteiger partial charge in [0.05, 0.1) is 17.8 Å². The topological polar surface area (TPSA) is 151 Å². The number of methoxy groups -OCH3 is 1. The minimum absolute atomic E-state index is 0.146. The third-order valence-electron chi connectivity index (χ3n) is 10.5. The number of nitrogens with zero attached hydrogens (tertiary/aromatic N) is 4. The van der Waals surface area contributed by atoms with Crippen LogP contribution in [0.1, 0.15) is 67.2 Å². The van der Waals surface area contributed by atoms with Gasteiger partial charge in [0.2, 0.25) is 0 Å². The fourth-order valence-corrected chi connectivity index (χ4v) is 7.09. The summed E-state index contributed by atoms with van der Waals surface area (Å²) >= 11 is 0. The van der Waals surface area contributed by atoms with Crippen molar-refractivity contribution in [1.82, 2.24) is 25.2 Å². The number of unbranched alkanes of at least 4 members (excludes halogenated alkanes) is 1. The van der Waals surface area contributed by atoms with Gasteiger partial charge in [0.25, 0.3) is 0 Å². The number of anilines is 1. The molecule has 2 aliphatic heterocycles. The predicted molar refractivity (Wildman–Crippen MR) is 178 cm³/mol. The van der Waals surface area contributed by atoms with Crippen LogP contribution in [0, 0.1) is 11.8 Å². The van der Waals surface area contributed by atoms with Crippen LogP contribution in [0.2, 0.25) is 5.82 Å². The first-order chi connectivity index (χ1) is 21.8. The summed E-state index contributed by atoms with van der Waals surface area (Å²) in [5.41, 5.74) is 6.49. The Morgan fingerprint density at radius 2 is 1.87 bits per heavy atom. The molecule has 1 amide bonds. The molecule has 0 saturated carbocycles. The summed E-state index contributed by atoms with van der Waals surface area (Å²) in [6.07, 6.45) is 3.21. The molecule has 0 aliphatic carbocycles. The molecule has 1 aromatic heterocycles. The smallest absolute Gasteiger partial charge is 0.410 e. The molecular formula is C33H51BN6O6. The molecule has 2 saturated heterocycles. The molecule has 13 heteroatoms. The highest BCUT2D eigenvalue weighted by molar-refractivity contribution is 6.15. The highest BCUT2D eigenvalue weighted by atomic mass is 16.6. The average Bonchev–Trinajstić information content (AvgIpc) is 3.61. The molecule has 8 atom stereocenters. The van der Waals surface area contributed by atoms with Crippen LogP contribution in [-0.4, -0.2) is 95.2 Å². The van der Waals surface area contributed by atoms with Crippen LogP contribution in [-0.2, 0) is 30.3 Å². The summed E-state index contributed by atoms with van der Waals surface area (Å²) in [5.74, 6) is -2.32. The Kier molecular flexibility index (Phi) is 11.2. The fourth-order valence-electron chi connectivity index (χ4n) is 7.09. The molecule has 2 fully saturated rings. The van der Waals surface area contributed by atoms with E-state index in [1.807, 2.05) is 72.9 Å². The molecule has 0 spiro atoms. The van der Waals surface area contributed by atoms with Gasteiger partial charge in [0.1, 0.15) is 31.3 Å². The maximum Gasteiger partial charge on any atom is 0.410 e. The average molecular weight is 639 g/mol. The number of nitrogen functional groups attached to an aromatic ring is 1. The van der Waals surface area contributed by atoms with Gasteiger partial charge in [-0.3, -0.25) is 19.2 Å². The number of Topliss-reactive ketones (excluding diaryl/α,β-unsaturated/α-hetero) is 1. The zero-order chi connectivity index (χ0) is 33.8. The summed E-state index contributed by atoms with van der Waals surface area (Å²) < 4.78 is 19.9. The number of rotatable bonds is 8. The summed E-state index contributed by atoms with van der Waals surface area (Å²) in [4.78, 5) is 42.1. The third-order valence-corrected chi connectivity index (χ3v) is 10.5. The third kappa shape index (κ3) is 7.25. The summed E-state index contributed by atoms with van der Waals surface area (Å²) in [7, 11) is 3.65. The minimum atomic E-state index is -1.14. The number of amides is 1. The van der Waals surface area contributed by atoms with Gasteiger partial charge in [-0.15, -0.1) is 5.10 Å².